The zero-order valence-corrected chi connectivity index (χ0v) is 19.9. The van der Waals surface area contributed by atoms with Gasteiger partial charge < -0.3 is 4.74 Å². The van der Waals surface area contributed by atoms with E-state index in [1.165, 1.54) is 16.7 Å². The Balaban J connectivity index is 1.29. The van der Waals surface area contributed by atoms with Gasteiger partial charge in [0.15, 0.2) is 0 Å². The van der Waals surface area contributed by atoms with Crippen LogP contribution in [0.3, 0.4) is 0 Å². The number of hydrogen-bond acceptors (Lipinski definition) is 4. The molecule has 0 amide bonds. The minimum absolute atomic E-state index is 0.161. The molecule has 2 aliphatic heterocycles. The van der Waals surface area contributed by atoms with Crippen molar-refractivity contribution in [3.8, 4) is 5.75 Å². The Bertz CT molecular complexity index is 1380. The molecule has 6 heteroatoms. The number of ether oxygens (including phenoxy) is 1. The first-order chi connectivity index (χ1) is 17.2. The first kappa shape index (κ1) is 21.9. The SMILES string of the molecule is O=c1c2c(n(Cc3cccnc3)n1CCc1ccccc1)CN(Cc1ccc3c(c1)CCO3)CC2. The van der Waals surface area contributed by atoms with Crippen LogP contribution in [0.15, 0.2) is 77.9 Å². The molecule has 0 saturated carbocycles. The maximum absolute atomic E-state index is 13.5. The average molecular weight is 467 g/mol. The number of fused-ring (bicyclic) bond motifs is 2. The molecule has 0 aliphatic carbocycles. The Hall–Kier alpha value is -3.64. The summed E-state index contributed by atoms with van der Waals surface area (Å²) in [4.78, 5) is 20.3. The minimum atomic E-state index is 0.161. The van der Waals surface area contributed by atoms with Crippen LogP contribution in [0, 0.1) is 0 Å². The van der Waals surface area contributed by atoms with Crippen molar-refractivity contribution >= 4 is 0 Å². The van der Waals surface area contributed by atoms with Crippen molar-refractivity contribution in [2.75, 3.05) is 13.2 Å². The Morgan fingerprint density at radius 2 is 1.77 bits per heavy atom. The van der Waals surface area contributed by atoms with Crippen LogP contribution in [0.1, 0.15) is 33.5 Å². The van der Waals surface area contributed by atoms with Crippen molar-refractivity contribution in [1.29, 1.82) is 0 Å². The van der Waals surface area contributed by atoms with E-state index in [-0.39, 0.29) is 5.56 Å². The molecule has 4 heterocycles. The second kappa shape index (κ2) is 9.55. The fourth-order valence-corrected chi connectivity index (χ4v) is 5.36. The summed E-state index contributed by atoms with van der Waals surface area (Å²) in [5.74, 6) is 1.02. The number of rotatable bonds is 7. The van der Waals surface area contributed by atoms with Crippen LogP contribution in [0.5, 0.6) is 5.75 Å². The van der Waals surface area contributed by atoms with E-state index >= 15 is 0 Å². The zero-order valence-electron chi connectivity index (χ0n) is 19.9. The van der Waals surface area contributed by atoms with Crippen LogP contribution >= 0.6 is 0 Å². The molecule has 4 aromatic rings. The van der Waals surface area contributed by atoms with Gasteiger partial charge in [-0.2, -0.15) is 0 Å². The highest BCUT2D eigenvalue weighted by atomic mass is 16.5. The lowest BCUT2D eigenvalue weighted by Crippen LogP contribution is -2.32. The number of aromatic nitrogens is 3. The van der Waals surface area contributed by atoms with E-state index in [4.69, 9.17) is 4.74 Å². The molecule has 0 bridgehead atoms. The zero-order chi connectivity index (χ0) is 23.6. The number of pyridine rings is 1. The van der Waals surface area contributed by atoms with Crippen LogP contribution in [-0.4, -0.2) is 32.4 Å². The molecule has 6 rings (SSSR count). The van der Waals surface area contributed by atoms with E-state index in [2.05, 4.69) is 63.1 Å². The van der Waals surface area contributed by atoms with Gasteiger partial charge in [-0.1, -0.05) is 48.5 Å². The van der Waals surface area contributed by atoms with Gasteiger partial charge in [0.2, 0.25) is 0 Å². The van der Waals surface area contributed by atoms with E-state index < -0.39 is 0 Å². The van der Waals surface area contributed by atoms with Crippen molar-refractivity contribution in [1.82, 2.24) is 19.2 Å². The fraction of sp³-hybridized carbons (Fsp3) is 0.310. The third-order valence-electron chi connectivity index (χ3n) is 7.17. The topological polar surface area (TPSA) is 52.3 Å². The smallest absolute Gasteiger partial charge is 0.270 e. The van der Waals surface area contributed by atoms with Gasteiger partial charge in [0.1, 0.15) is 5.75 Å². The molecule has 0 spiro atoms. The van der Waals surface area contributed by atoms with Gasteiger partial charge in [0.05, 0.1) is 18.8 Å². The molecular formula is C29H30N4O2. The van der Waals surface area contributed by atoms with Crippen molar-refractivity contribution in [2.45, 2.75) is 45.4 Å². The third-order valence-corrected chi connectivity index (χ3v) is 7.17. The van der Waals surface area contributed by atoms with Gasteiger partial charge in [-0.3, -0.25) is 19.4 Å². The molecule has 35 heavy (non-hydrogen) atoms. The number of benzene rings is 2. The van der Waals surface area contributed by atoms with E-state index in [0.717, 1.165) is 68.1 Å². The van der Waals surface area contributed by atoms with Crippen LogP contribution in [0.2, 0.25) is 0 Å². The van der Waals surface area contributed by atoms with Gasteiger partial charge >= 0.3 is 0 Å². The summed E-state index contributed by atoms with van der Waals surface area (Å²) in [5, 5.41) is 0. The van der Waals surface area contributed by atoms with Crippen LogP contribution in [0.4, 0.5) is 0 Å². The Kier molecular flexibility index (Phi) is 5.96. The Morgan fingerprint density at radius 3 is 2.63 bits per heavy atom. The largest absolute Gasteiger partial charge is 0.493 e. The monoisotopic (exact) mass is 466 g/mol. The lowest BCUT2D eigenvalue weighted by Gasteiger charge is -2.28. The summed E-state index contributed by atoms with van der Waals surface area (Å²) < 4.78 is 9.84. The van der Waals surface area contributed by atoms with E-state index in [1.807, 2.05) is 23.0 Å². The van der Waals surface area contributed by atoms with E-state index in [0.29, 0.717) is 13.1 Å². The summed E-state index contributed by atoms with van der Waals surface area (Å²) in [6, 6.07) is 21.0. The van der Waals surface area contributed by atoms with Gasteiger partial charge in [0, 0.05) is 50.6 Å². The molecule has 0 N–H and O–H groups in total. The van der Waals surface area contributed by atoms with Gasteiger partial charge in [-0.25, -0.2) is 4.68 Å². The number of aryl methyl sites for hydroxylation is 1. The molecule has 6 nitrogen and oxygen atoms in total. The second-order valence-electron chi connectivity index (χ2n) is 9.51. The van der Waals surface area contributed by atoms with Crippen molar-refractivity contribution < 1.29 is 4.74 Å². The summed E-state index contributed by atoms with van der Waals surface area (Å²) in [5.41, 5.74) is 7.24. The predicted molar refractivity (Wildman–Crippen MR) is 136 cm³/mol. The molecule has 0 atom stereocenters. The first-order valence-corrected chi connectivity index (χ1v) is 12.5. The quantitative estimate of drug-likeness (QED) is 0.416. The molecular weight excluding hydrogens is 436 g/mol. The average Bonchev–Trinajstić information content (AvgIpc) is 3.46. The normalized spacial score (nSPS) is 15.0. The maximum atomic E-state index is 13.5. The Morgan fingerprint density at radius 1 is 0.886 bits per heavy atom. The number of nitrogens with zero attached hydrogens (tertiary/aromatic N) is 4. The van der Waals surface area contributed by atoms with Crippen LogP contribution in [-0.2, 0) is 45.4 Å². The molecule has 0 fully saturated rings. The van der Waals surface area contributed by atoms with E-state index in [9.17, 15) is 4.79 Å². The van der Waals surface area contributed by atoms with Crippen molar-refractivity contribution in [3.05, 3.63) is 117 Å². The summed E-state index contributed by atoms with van der Waals surface area (Å²) in [7, 11) is 0. The predicted octanol–water partition coefficient (Wildman–Crippen LogP) is 3.83. The van der Waals surface area contributed by atoms with Gasteiger partial charge in [-0.05, 0) is 47.2 Å². The van der Waals surface area contributed by atoms with Gasteiger partial charge in [0.25, 0.3) is 5.56 Å². The molecule has 2 aromatic carbocycles. The lowest BCUT2D eigenvalue weighted by molar-refractivity contribution is 0.235. The molecule has 0 unspecified atom stereocenters. The maximum Gasteiger partial charge on any atom is 0.270 e. The van der Waals surface area contributed by atoms with Crippen LogP contribution in [0.25, 0.3) is 0 Å². The highest BCUT2D eigenvalue weighted by molar-refractivity contribution is 5.40. The highest BCUT2D eigenvalue weighted by Crippen LogP contribution is 2.27. The fourth-order valence-electron chi connectivity index (χ4n) is 5.36. The standard InChI is InChI=1S/C29H30N4O2/c34-29-26-11-14-31(19-23-8-9-28-25(17-23)12-16-35-28)21-27(26)33(20-24-7-4-13-30-18-24)32(29)15-10-22-5-2-1-3-6-22/h1-9,13,17-18H,10-12,14-16,19-21H2. The lowest BCUT2D eigenvalue weighted by atomic mass is 10.0. The van der Waals surface area contributed by atoms with Crippen molar-refractivity contribution in [3.63, 3.8) is 0 Å². The summed E-state index contributed by atoms with van der Waals surface area (Å²) in [6.07, 6.45) is 6.29. The number of hydrogen-bond donors (Lipinski definition) is 0. The van der Waals surface area contributed by atoms with Gasteiger partial charge in [-0.15, -0.1) is 0 Å². The molecule has 0 radical (unpaired) electrons. The third kappa shape index (κ3) is 4.54. The first-order valence-electron chi connectivity index (χ1n) is 12.5. The van der Waals surface area contributed by atoms with Crippen molar-refractivity contribution in [2.24, 2.45) is 0 Å². The minimum Gasteiger partial charge on any atom is -0.493 e. The Labute approximate surface area is 205 Å². The molecule has 178 valence electrons. The molecule has 2 aliphatic rings. The van der Waals surface area contributed by atoms with E-state index in [1.54, 1.807) is 6.20 Å². The summed E-state index contributed by atoms with van der Waals surface area (Å²) >= 11 is 0. The summed E-state index contributed by atoms with van der Waals surface area (Å²) in [6.45, 7) is 4.65. The second-order valence-corrected chi connectivity index (χ2v) is 9.51. The van der Waals surface area contributed by atoms with Crippen LogP contribution < -0.4 is 10.3 Å². The molecule has 2 aromatic heterocycles. The highest BCUT2D eigenvalue weighted by Gasteiger charge is 2.26. The molecule has 0 saturated heterocycles.